The summed E-state index contributed by atoms with van der Waals surface area (Å²) in [4.78, 5) is 31.2. The number of alkyl carbamates (subject to hydrolysis) is 1. The number of benzene rings is 1. The van der Waals surface area contributed by atoms with Gasteiger partial charge in [0.1, 0.15) is 0 Å². The first-order valence-corrected chi connectivity index (χ1v) is 13.4. The Kier molecular flexibility index (Phi) is 8.49. The zero-order valence-electron chi connectivity index (χ0n) is 22.0. The van der Waals surface area contributed by atoms with E-state index in [9.17, 15) is 14.7 Å². The van der Waals surface area contributed by atoms with Crippen LogP contribution in [0, 0.1) is 11.3 Å². The average Bonchev–Trinajstić information content (AvgIpc) is 3.37. The van der Waals surface area contributed by atoms with Crippen molar-refractivity contribution >= 4 is 12.0 Å². The topological polar surface area (TPSA) is 118 Å². The first kappa shape index (κ1) is 27.1. The molecule has 4 atom stereocenters. The van der Waals surface area contributed by atoms with Crippen LogP contribution in [0.4, 0.5) is 4.79 Å². The summed E-state index contributed by atoms with van der Waals surface area (Å²) >= 11 is 0. The van der Waals surface area contributed by atoms with Crippen molar-refractivity contribution in [3.63, 3.8) is 0 Å². The van der Waals surface area contributed by atoms with E-state index in [0.717, 1.165) is 48.8 Å². The largest absolute Gasteiger partial charge is 0.453 e. The van der Waals surface area contributed by atoms with Crippen LogP contribution in [-0.4, -0.2) is 59.8 Å². The second-order valence-electron chi connectivity index (χ2n) is 10.9. The number of aliphatic hydroxyl groups is 1. The third-order valence-corrected chi connectivity index (χ3v) is 8.36. The van der Waals surface area contributed by atoms with E-state index in [-0.39, 0.29) is 17.9 Å². The van der Waals surface area contributed by atoms with Crippen LogP contribution in [0.2, 0.25) is 0 Å². The summed E-state index contributed by atoms with van der Waals surface area (Å²) in [6.45, 7) is 3.66. The van der Waals surface area contributed by atoms with Gasteiger partial charge in [-0.2, -0.15) is 0 Å². The normalized spacial score (nSPS) is 25.4. The van der Waals surface area contributed by atoms with Crippen molar-refractivity contribution in [3.8, 4) is 11.1 Å². The molecule has 1 aromatic heterocycles. The number of carbonyl (C=O) groups excluding carboxylic acids is 2. The van der Waals surface area contributed by atoms with Gasteiger partial charge < -0.3 is 25.8 Å². The number of hydrogen-bond acceptors (Lipinski definition) is 6. The summed E-state index contributed by atoms with van der Waals surface area (Å²) in [6, 6.07) is 11.9. The van der Waals surface area contributed by atoms with Crippen LogP contribution < -0.4 is 11.1 Å². The van der Waals surface area contributed by atoms with Crippen molar-refractivity contribution in [2.75, 3.05) is 26.7 Å². The molecule has 0 unspecified atom stereocenters. The number of methoxy groups -OCH3 is 1. The van der Waals surface area contributed by atoms with Crippen LogP contribution >= 0.6 is 0 Å². The molecule has 1 aliphatic heterocycles. The number of ether oxygens (including phenoxy) is 1. The lowest BCUT2D eigenvalue weighted by atomic mass is 9.62. The van der Waals surface area contributed by atoms with Gasteiger partial charge in [-0.05, 0) is 73.8 Å². The number of nitrogens with one attached hydrogen (secondary N) is 1. The van der Waals surface area contributed by atoms with E-state index in [1.807, 2.05) is 41.3 Å². The molecular formula is C29H40N4O4. The number of piperidine rings is 1. The molecule has 1 aliphatic carbocycles. The van der Waals surface area contributed by atoms with Crippen LogP contribution in [0.1, 0.15) is 57.4 Å². The fraction of sp³-hybridized carbons (Fsp3) is 0.552. The molecule has 2 aromatic rings. The number of aromatic nitrogens is 1. The highest BCUT2D eigenvalue weighted by Crippen LogP contribution is 2.51. The number of likely N-dealkylation sites (tertiary alicyclic amines) is 1. The zero-order chi connectivity index (χ0) is 26.5. The van der Waals surface area contributed by atoms with Crippen molar-refractivity contribution in [2.45, 2.75) is 63.5 Å². The Balaban J connectivity index is 1.67. The number of nitrogens with zero attached hydrogens (tertiary/aromatic N) is 2. The number of hydrogen-bond donors (Lipinski definition) is 3. The first-order chi connectivity index (χ1) is 17.8. The highest BCUT2D eigenvalue weighted by molar-refractivity contribution is 5.79. The number of amides is 2. The SMILES string of the molecule is COC(=O)NCCC[C@@](O)(c1ccccc1-c1ccncc1)[C@]1(C)CCCN(C(=O)[C@@H]2CC[C@H](N)C2)C1. The summed E-state index contributed by atoms with van der Waals surface area (Å²) in [6.07, 6.45) is 8.05. The van der Waals surface area contributed by atoms with Gasteiger partial charge in [0.15, 0.2) is 0 Å². The Morgan fingerprint density at radius 3 is 2.70 bits per heavy atom. The quantitative estimate of drug-likeness (QED) is 0.467. The summed E-state index contributed by atoms with van der Waals surface area (Å²) in [7, 11) is 1.34. The molecule has 200 valence electrons. The Morgan fingerprint density at radius 1 is 1.24 bits per heavy atom. The van der Waals surface area contributed by atoms with Crippen molar-refractivity contribution in [3.05, 3.63) is 54.4 Å². The van der Waals surface area contributed by atoms with Crippen LogP contribution in [0.15, 0.2) is 48.8 Å². The molecule has 8 nitrogen and oxygen atoms in total. The van der Waals surface area contributed by atoms with Gasteiger partial charge in [-0.3, -0.25) is 9.78 Å². The monoisotopic (exact) mass is 508 g/mol. The second kappa shape index (κ2) is 11.6. The number of rotatable bonds is 8. The third-order valence-electron chi connectivity index (χ3n) is 8.36. The van der Waals surface area contributed by atoms with Crippen molar-refractivity contribution in [1.82, 2.24) is 15.2 Å². The van der Waals surface area contributed by atoms with Gasteiger partial charge in [-0.1, -0.05) is 31.2 Å². The molecule has 2 heterocycles. The summed E-state index contributed by atoms with van der Waals surface area (Å²) in [5.41, 5.74) is 7.03. The van der Waals surface area contributed by atoms with E-state index in [0.29, 0.717) is 32.5 Å². The fourth-order valence-electron chi connectivity index (χ4n) is 6.26. The van der Waals surface area contributed by atoms with Gasteiger partial charge in [0.2, 0.25) is 5.91 Å². The Hall–Kier alpha value is -2.97. The second-order valence-corrected chi connectivity index (χ2v) is 10.9. The molecule has 1 saturated carbocycles. The minimum atomic E-state index is -1.24. The summed E-state index contributed by atoms with van der Waals surface area (Å²) in [5.74, 6) is 0.134. The Morgan fingerprint density at radius 2 is 2.00 bits per heavy atom. The number of pyridine rings is 1. The van der Waals surface area contributed by atoms with E-state index in [2.05, 4.69) is 17.2 Å². The summed E-state index contributed by atoms with van der Waals surface area (Å²) < 4.78 is 4.71. The molecule has 2 aliphatic rings. The molecule has 8 heteroatoms. The number of carbonyl (C=O) groups is 2. The van der Waals surface area contributed by atoms with Crippen LogP contribution in [0.3, 0.4) is 0 Å². The van der Waals surface area contributed by atoms with Gasteiger partial charge >= 0.3 is 6.09 Å². The van der Waals surface area contributed by atoms with E-state index >= 15 is 0 Å². The smallest absolute Gasteiger partial charge is 0.406 e. The minimum absolute atomic E-state index is 0.0289. The molecular weight excluding hydrogens is 468 g/mol. The van der Waals surface area contributed by atoms with Crippen LogP contribution in [0.5, 0.6) is 0 Å². The first-order valence-electron chi connectivity index (χ1n) is 13.4. The Labute approximate surface area is 219 Å². The lowest BCUT2D eigenvalue weighted by molar-refractivity contribution is -0.151. The zero-order valence-corrected chi connectivity index (χ0v) is 22.0. The van der Waals surface area contributed by atoms with E-state index < -0.39 is 17.1 Å². The van der Waals surface area contributed by atoms with E-state index in [4.69, 9.17) is 10.5 Å². The number of nitrogens with two attached hydrogens (primary N) is 1. The van der Waals surface area contributed by atoms with Gasteiger partial charge in [-0.25, -0.2) is 4.79 Å². The lowest BCUT2D eigenvalue weighted by Crippen LogP contribution is -2.56. The Bertz CT molecular complexity index is 1080. The van der Waals surface area contributed by atoms with Gasteiger partial charge in [-0.15, -0.1) is 0 Å². The molecule has 2 amide bonds. The molecule has 1 aromatic carbocycles. The maximum Gasteiger partial charge on any atom is 0.406 e. The predicted molar refractivity (Wildman–Crippen MR) is 142 cm³/mol. The van der Waals surface area contributed by atoms with Crippen LogP contribution in [0.25, 0.3) is 11.1 Å². The molecule has 2 fully saturated rings. The van der Waals surface area contributed by atoms with Crippen molar-refractivity contribution in [1.29, 1.82) is 0 Å². The molecule has 37 heavy (non-hydrogen) atoms. The highest BCUT2D eigenvalue weighted by Gasteiger charge is 2.51. The standard InChI is InChI=1S/C29H40N4O4/c1-28(13-6-18-33(20-28)26(34)22-9-10-23(30)19-22)29(36,14-5-15-32-27(35)37-2)25-8-4-3-7-24(25)21-11-16-31-17-12-21/h3-4,7-8,11-12,16-17,22-23,36H,5-6,9-10,13-15,18-20,30H2,1-2H3,(H,32,35)/t22-,23+,28-,29-/m1/s1. The molecule has 4 rings (SSSR count). The van der Waals surface area contributed by atoms with Crippen LogP contribution in [-0.2, 0) is 15.1 Å². The van der Waals surface area contributed by atoms with Gasteiger partial charge in [0.25, 0.3) is 0 Å². The van der Waals surface area contributed by atoms with E-state index in [1.165, 1.54) is 7.11 Å². The summed E-state index contributed by atoms with van der Waals surface area (Å²) in [5, 5.41) is 15.5. The van der Waals surface area contributed by atoms with E-state index in [1.54, 1.807) is 12.4 Å². The van der Waals surface area contributed by atoms with Crippen molar-refractivity contribution < 1.29 is 19.4 Å². The fourth-order valence-corrected chi connectivity index (χ4v) is 6.26. The highest BCUT2D eigenvalue weighted by atomic mass is 16.5. The van der Waals surface area contributed by atoms with Gasteiger partial charge in [0.05, 0.1) is 12.7 Å². The van der Waals surface area contributed by atoms with Crippen molar-refractivity contribution in [2.24, 2.45) is 17.1 Å². The molecule has 0 spiro atoms. The maximum absolute atomic E-state index is 13.5. The molecule has 0 bridgehead atoms. The third kappa shape index (κ3) is 5.80. The lowest BCUT2D eigenvalue weighted by Gasteiger charge is -2.51. The predicted octanol–water partition coefficient (Wildman–Crippen LogP) is 3.83. The minimum Gasteiger partial charge on any atom is -0.453 e. The average molecular weight is 509 g/mol. The van der Waals surface area contributed by atoms with Gasteiger partial charge in [0, 0.05) is 49.4 Å². The molecule has 4 N–H and O–H groups in total. The molecule has 1 saturated heterocycles. The maximum atomic E-state index is 13.5. The molecule has 0 radical (unpaired) electrons.